The van der Waals surface area contributed by atoms with E-state index in [9.17, 15) is 0 Å². The van der Waals surface area contributed by atoms with Crippen LogP contribution in [0.3, 0.4) is 0 Å². The molecule has 1 heterocycles. The highest BCUT2D eigenvalue weighted by molar-refractivity contribution is 7.12. The first kappa shape index (κ1) is 17.9. The maximum Gasteiger partial charge on any atom is 0.0587 e. The predicted octanol–water partition coefficient (Wildman–Crippen LogP) is 5.57. The summed E-state index contributed by atoms with van der Waals surface area (Å²) >= 11 is 1.90. The van der Waals surface area contributed by atoms with Gasteiger partial charge in [0.05, 0.1) is 6.04 Å². The number of aryl methyl sites for hydroxylation is 3. The van der Waals surface area contributed by atoms with E-state index >= 15 is 0 Å². The van der Waals surface area contributed by atoms with Gasteiger partial charge < -0.3 is 5.32 Å². The maximum absolute atomic E-state index is 3.47. The van der Waals surface area contributed by atoms with Gasteiger partial charge in [0, 0.05) is 9.75 Å². The minimum absolute atomic E-state index is 0.302. The van der Waals surface area contributed by atoms with Crippen LogP contribution in [0, 0.1) is 20.8 Å². The van der Waals surface area contributed by atoms with Gasteiger partial charge in [0.1, 0.15) is 0 Å². The van der Waals surface area contributed by atoms with E-state index in [2.05, 4.69) is 57.3 Å². The van der Waals surface area contributed by atoms with Crippen LogP contribution in [-0.4, -0.2) is 7.05 Å². The molecule has 0 amide bonds. The quantitative estimate of drug-likeness (QED) is 0.778. The second-order valence-electron chi connectivity index (χ2n) is 5.07. The van der Waals surface area contributed by atoms with Crippen molar-refractivity contribution in [2.75, 3.05) is 7.05 Å². The Balaban J connectivity index is 0.00000106. The molecule has 0 aliphatic rings. The highest BCUT2D eigenvalue weighted by Crippen LogP contribution is 2.34. The lowest BCUT2D eigenvalue weighted by atomic mass is 9.94. The molecule has 2 aromatic rings. The summed E-state index contributed by atoms with van der Waals surface area (Å²) in [5.74, 6) is 0. The minimum Gasteiger partial charge on any atom is -0.309 e. The van der Waals surface area contributed by atoms with Crippen LogP contribution in [0.25, 0.3) is 0 Å². The molecule has 2 rings (SSSR count). The van der Waals surface area contributed by atoms with Crippen LogP contribution in [0.5, 0.6) is 0 Å². The molecule has 0 radical (unpaired) electrons. The molecule has 0 saturated heterocycles. The number of nitrogens with one attached hydrogen (secondary N) is 1. The number of benzene rings is 1. The molecule has 1 N–H and O–H groups in total. The molecule has 0 spiro atoms. The predicted molar refractivity (Wildman–Crippen MR) is 96.6 cm³/mol. The molecular weight excluding hydrogens is 274 g/mol. The van der Waals surface area contributed by atoms with Gasteiger partial charge in [0.25, 0.3) is 0 Å². The first-order valence-corrected chi connectivity index (χ1v) is 8.72. The lowest BCUT2D eigenvalue weighted by Gasteiger charge is -2.19. The molecule has 0 bridgehead atoms. The molecule has 0 fully saturated rings. The largest absolute Gasteiger partial charge is 0.309 e. The summed E-state index contributed by atoms with van der Waals surface area (Å²) in [4.78, 5) is 2.85. The molecule has 1 aromatic heterocycles. The lowest BCUT2D eigenvalue weighted by Crippen LogP contribution is -2.18. The molecule has 1 aromatic carbocycles. The zero-order valence-corrected chi connectivity index (χ0v) is 15.3. The van der Waals surface area contributed by atoms with Crippen molar-refractivity contribution in [3.63, 3.8) is 0 Å². The first-order chi connectivity index (χ1) is 10.1. The summed E-state index contributed by atoms with van der Waals surface area (Å²) < 4.78 is 0. The topological polar surface area (TPSA) is 12.0 Å². The van der Waals surface area contributed by atoms with Crippen molar-refractivity contribution in [1.82, 2.24) is 5.32 Å². The summed E-state index contributed by atoms with van der Waals surface area (Å²) in [5.41, 5.74) is 5.63. The highest BCUT2D eigenvalue weighted by atomic mass is 32.1. The van der Waals surface area contributed by atoms with Gasteiger partial charge in [-0.1, -0.05) is 45.0 Å². The molecule has 1 nitrogen and oxygen atoms in total. The minimum atomic E-state index is 0.302. The fraction of sp³-hybridized carbons (Fsp3) is 0.474. The zero-order valence-electron chi connectivity index (χ0n) is 14.5. The van der Waals surface area contributed by atoms with E-state index in [1.807, 2.05) is 32.2 Å². The Hall–Kier alpha value is -1.12. The summed E-state index contributed by atoms with van der Waals surface area (Å²) in [6.45, 7) is 12.9. The Morgan fingerprint density at radius 3 is 1.95 bits per heavy atom. The van der Waals surface area contributed by atoms with E-state index < -0.39 is 0 Å². The van der Waals surface area contributed by atoms with Crippen molar-refractivity contribution < 1.29 is 0 Å². The van der Waals surface area contributed by atoms with Crippen LogP contribution >= 0.6 is 11.3 Å². The van der Waals surface area contributed by atoms with Gasteiger partial charge in [-0.25, -0.2) is 0 Å². The van der Waals surface area contributed by atoms with Crippen molar-refractivity contribution in [2.45, 2.75) is 54.0 Å². The van der Waals surface area contributed by atoms with Crippen LogP contribution in [-0.2, 0) is 6.42 Å². The fourth-order valence-electron chi connectivity index (χ4n) is 2.66. The third-order valence-electron chi connectivity index (χ3n) is 3.92. The molecule has 0 aliphatic heterocycles. The zero-order chi connectivity index (χ0) is 16.0. The van der Waals surface area contributed by atoms with E-state index in [4.69, 9.17) is 0 Å². The number of thiophene rings is 1. The van der Waals surface area contributed by atoms with Crippen LogP contribution in [0.2, 0.25) is 0 Å². The van der Waals surface area contributed by atoms with Crippen LogP contribution in [0.1, 0.15) is 58.8 Å². The number of rotatable bonds is 4. The molecule has 0 aliphatic carbocycles. The van der Waals surface area contributed by atoms with E-state index in [1.165, 1.54) is 32.0 Å². The molecule has 0 saturated carbocycles. The van der Waals surface area contributed by atoms with Crippen LogP contribution in [0.15, 0.2) is 24.3 Å². The average Bonchev–Trinajstić information content (AvgIpc) is 2.77. The normalized spacial score (nSPS) is 11.8. The molecule has 1 unspecified atom stereocenters. The summed E-state index contributed by atoms with van der Waals surface area (Å²) in [6.07, 6.45) is 1.10. The van der Waals surface area contributed by atoms with Crippen molar-refractivity contribution in [1.29, 1.82) is 0 Å². The summed E-state index contributed by atoms with van der Waals surface area (Å²) in [7, 11) is 2.05. The highest BCUT2D eigenvalue weighted by Gasteiger charge is 2.19. The van der Waals surface area contributed by atoms with Gasteiger partial charge in [-0.15, -0.1) is 11.3 Å². The molecule has 2 heteroatoms. The van der Waals surface area contributed by atoms with E-state index in [-0.39, 0.29) is 0 Å². The monoisotopic (exact) mass is 303 g/mol. The van der Waals surface area contributed by atoms with E-state index in [1.54, 1.807) is 0 Å². The smallest absolute Gasteiger partial charge is 0.0587 e. The van der Waals surface area contributed by atoms with Gasteiger partial charge >= 0.3 is 0 Å². The van der Waals surface area contributed by atoms with Gasteiger partial charge in [-0.05, 0) is 56.5 Å². The van der Waals surface area contributed by atoms with Crippen LogP contribution in [0.4, 0.5) is 0 Å². The Labute approximate surface area is 134 Å². The SMILES string of the molecule is CC.CCc1ccc(C(NC)c2c(C)sc(C)c2C)cc1. The Kier molecular flexibility index (Phi) is 7.13. The number of hydrogen-bond acceptors (Lipinski definition) is 2. The molecule has 21 heavy (non-hydrogen) atoms. The fourth-order valence-corrected chi connectivity index (χ4v) is 3.76. The Morgan fingerprint density at radius 2 is 1.57 bits per heavy atom. The molecular formula is C19H29NS. The van der Waals surface area contributed by atoms with Crippen molar-refractivity contribution in [3.05, 3.63) is 56.3 Å². The van der Waals surface area contributed by atoms with Gasteiger partial charge in [0.15, 0.2) is 0 Å². The average molecular weight is 304 g/mol. The summed E-state index contributed by atoms with van der Waals surface area (Å²) in [6, 6.07) is 9.29. The summed E-state index contributed by atoms with van der Waals surface area (Å²) in [5, 5.41) is 3.47. The molecule has 116 valence electrons. The van der Waals surface area contributed by atoms with Crippen LogP contribution < -0.4 is 5.32 Å². The van der Waals surface area contributed by atoms with E-state index in [0.29, 0.717) is 6.04 Å². The van der Waals surface area contributed by atoms with Crippen molar-refractivity contribution in [2.24, 2.45) is 0 Å². The van der Waals surface area contributed by atoms with E-state index in [0.717, 1.165) is 6.42 Å². The Morgan fingerprint density at radius 1 is 1.00 bits per heavy atom. The van der Waals surface area contributed by atoms with Gasteiger partial charge in [0.2, 0.25) is 0 Å². The lowest BCUT2D eigenvalue weighted by molar-refractivity contribution is 0.686. The second kappa shape index (κ2) is 8.35. The standard InChI is InChI=1S/C17H23NS.C2H6/c1-6-14-7-9-15(10-8-14)17(18-5)16-11(2)12(3)19-13(16)4;1-2/h7-10,17-18H,6H2,1-5H3;1-2H3. The van der Waals surface area contributed by atoms with Crippen molar-refractivity contribution in [3.8, 4) is 0 Å². The van der Waals surface area contributed by atoms with Crippen molar-refractivity contribution >= 4 is 11.3 Å². The third-order valence-corrected chi connectivity index (χ3v) is 5.05. The van der Waals surface area contributed by atoms with Gasteiger partial charge in [-0.2, -0.15) is 0 Å². The maximum atomic E-state index is 3.47. The second-order valence-corrected chi connectivity index (χ2v) is 6.50. The Bertz CT molecular complexity index is 552. The first-order valence-electron chi connectivity index (χ1n) is 7.91. The molecule has 1 atom stereocenters. The van der Waals surface area contributed by atoms with Gasteiger partial charge in [-0.3, -0.25) is 0 Å². The third kappa shape index (κ3) is 3.96. The number of hydrogen-bond donors (Lipinski definition) is 1.